The van der Waals surface area contributed by atoms with E-state index < -0.39 is 23.0 Å². The average molecular weight is 378 g/mol. The van der Waals surface area contributed by atoms with Gasteiger partial charge in [0.2, 0.25) is 5.82 Å². The van der Waals surface area contributed by atoms with Crippen molar-refractivity contribution < 1.29 is 9.18 Å². The first-order valence-corrected chi connectivity index (χ1v) is 9.23. The van der Waals surface area contributed by atoms with Crippen LogP contribution in [0, 0.1) is 11.7 Å². The smallest absolute Gasteiger partial charge is 0.297 e. The molecule has 28 heavy (non-hydrogen) atoms. The van der Waals surface area contributed by atoms with Crippen LogP contribution in [-0.2, 0) is 6.54 Å². The van der Waals surface area contributed by atoms with E-state index in [0.29, 0.717) is 22.8 Å². The Morgan fingerprint density at radius 3 is 2.32 bits per heavy atom. The number of hydrogen-bond donors (Lipinski definition) is 0. The molecule has 0 saturated heterocycles. The molecule has 1 fully saturated rings. The predicted molar refractivity (Wildman–Crippen MR) is 103 cm³/mol. The van der Waals surface area contributed by atoms with E-state index >= 15 is 0 Å². The molecule has 1 aromatic heterocycles. The molecule has 2 atom stereocenters. The van der Waals surface area contributed by atoms with Crippen molar-refractivity contribution in [1.29, 1.82) is 0 Å². The maximum Gasteiger partial charge on any atom is 0.338 e. The zero-order valence-corrected chi connectivity index (χ0v) is 15.1. The third kappa shape index (κ3) is 3.45. The highest BCUT2D eigenvalue weighted by Gasteiger charge is 2.37. The van der Waals surface area contributed by atoms with Gasteiger partial charge in [-0.25, -0.2) is 4.79 Å². The molecule has 6 heteroatoms. The van der Waals surface area contributed by atoms with Crippen LogP contribution in [0.1, 0.15) is 34.7 Å². The molecule has 1 aliphatic rings. The summed E-state index contributed by atoms with van der Waals surface area (Å²) in [6.45, 7) is 0.256. The molecule has 0 unspecified atom stereocenters. The summed E-state index contributed by atoms with van der Waals surface area (Å²) >= 11 is 0. The van der Waals surface area contributed by atoms with Crippen molar-refractivity contribution >= 4 is 5.91 Å². The van der Waals surface area contributed by atoms with Gasteiger partial charge in [-0.2, -0.15) is 8.96 Å². The van der Waals surface area contributed by atoms with Gasteiger partial charge in [-0.15, -0.1) is 0 Å². The van der Waals surface area contributed by atoms with Gasteiger partial charge in [0.05, 0.1) is 6.20 Å². The van der Waals surface area contributed by atoms with Gasteiger partial charge < -0.3 is 0 Å². The van der Waals surface area contributed by atoms with E-state index in [1.165, 1.54) is 17.7 Å². The number of halogens is 1. The molecule has 0 bridgehead atoms. The maximum atomic E-state index is 14.1. The Bertz CT molecular complexity index is 1120. The average Bonchev–Trinajstić information content (AvgIpc) is 3.51. The Kier molecular flexibility index (Phi) is 4.77. The molecule has 1 heterocycles. The van der Waals surface area contributed by atoms with E-state index in [1.807, 2.05) is 18.2 Å². The summed E-state index contributed by atoms with van der Waals surface area (Å²) in [6.07, 6.45) is 2.60. The molecule has 5 nitrogen and oxygen atoms in total. The lowest BCUT2D eigenvalue weighted by Gasteiger charge is -2.10. The maximum absolute atomic E-state index is 14.1. The van der Waals surface area contributed by atoms with Crippen molar-refractivity contribution in [1.82, 2.24) is 9.13 Å². The molecule has 0 radical (unpaired) electrons. The minimum atomic E-state index is -1.22. The van der Waals surface area contributed by atoms with Crippen LogP contribution in [0.3, 0.4) is 0 Å². The lowest BCUT2D eigenvalue weighted by Crippen LogP contribution is -2.45. The Balaban J connectivity index is 1.56. The number of rotatable bonds is 5. The summed E-state index contributed by atoms with van der Waals surface area (Å²) in [6, 6.07) is 18.0. The van der Waals surface area contributed by atoms with Crippen molar-refractivity contribution in [3.05, 3.63) is 105 Å². The Hall–Kier alpha value is -3.28. The molecule has 1 aliphatic carbocycles. The van der Waals surface area contributed by atoms with Crippen LogP contribution in [0.25, 0.3) is 0 Å². The van der Waals surface area contributed by atoms with Crippen LogP contribution in [0.15, 0.2) is 76.4 Å². The van der Waals surface area contributed by atoms with Gasteiger partial charge >= 0.3 is 5.69 Å². The fourth-order valence-corrected chi connectivity index (χ4v) is 3.60. The van der Waals surface area contributed by atoms with Gasteiger partial charge in [0.1, 0.15) is 0 Å². The molecule has 2 aromatic carbocycles. The zero-order chi connectivity index (χ0) is 19.7. The van der Waals surface area contributed by atoms with Crippen LogP contribution < -0.4 is 11.2 Å². The second-order valence-corrected chi connectivity index (χ2v) is 7.07. The van der Waals surface area contributed by atoms with E-state index in [9.17, 15) is 18.8 Å². The van der Waals surface area contributed by atoms with Gasteiger partial charge in [0.25, 0.3) is 11.5 Å². The summed E-state index contributed by atoms with van der Waals surface area (Å²) in [5.41, 5.74) is -0.610. The van der Waals surface area contributed by atoms with Gasteiger partial charge in [0.15, 0.2) is 0 Å². The topological polar surface area (TPSA) is 61.1 Å². The summed E-state index contributed by atoms with van der Waals surface area (Å²) in [5.74, 6) is -1.09. The fraction of sp³-hybridized carbons (Fsp3) is 0.227. The predicted octanol–water partition coefficient (Wildman–Crippen LogP) is 3.03. The molecule has 0 spiro atoms. The summed E-state index contributed by atoms with van der Waals surface area (Å²) in [4.78, 5) is 37.3. The van der Waals surface area contributed by atoms with E-state index in [0.717, 1.165) is 17.2 Å². The van der Waals surface area contributed by atoms with E-state index in [-0.39, 0.29) is 12.1 Å². The largest absolute Gasteiger partial charge is 0.338 e. The summed E-state index contributed by atoms with van der Waals surface area (Å²) < 4.78 is 15.6. The van der Waals surface area contributed by atoms with Crippen molar-refractivity contribution in [2.45, 2.75) is 25.3 Å². The number of aryl methyl sites for hydroxylation is 1. The second-order valence-electron chi connectivity index (χ2n) is 7.07. The number of hydrogen-bond acceptors (Lipinski definition) is 3. The lowest BCUT2D eigenvalue weighted by atomic mass is 10.1. The first-order chi connectivity index (χ1) is 13.6. The highest BCUT2D eigenvalue weighted by atomic mass is 19.1. The van der Waals surface area contributed by atoms with Crippen LogP contribution in [-0.4, -0.2) is 15.0 Å². The Morgan fingerprint density at radius 2 is 1.64 bits per heavy atom. The minimum Gasteiger partial charge on any atom is -0.297 e. The standard InChI is InChI=1S/C22H19FN2O3/c23-19-14-24(12-11-17-13-18(17)15-7-3-1-4-8-15)22(28)25(21(19)27)20(26)16-9-5-2-6-10-16/h1-10,14,17-18H,11-13H2/t17-,18-/m1/s1. The van der Waals surface area contributed by atoms with Crippen LogP contribution >= 0.6 is 0 Å². The lowest BCUT2D eigenvalue weighted by molar-refractivity contribution is 0.0946. The Morgan fingerprint density at radius 1 is 1.00 bits per heavy atom. The van der Waals surface area contributed by atoms with E-state index in [2.05, 4.69) is 12.1 Å². The number of aromatic nitrogens is 2. The number of benzene rings is 2. The summed E-state index contributed by atoms with van der Waals surface area (Å²) in [5, 5.41) is 0. The van der Waals surface area contributed by atoms with Gasteiger partial charge in [-0.3, -0.25) is 14.2 Å². The molecule has 0 amide bonds. The number of carbonyl (C=O) groups excluding carboxylic acids is 1. The van der Waals surface area contributed by atoms with Crippen LogP contribution in [0.4, 0.5) is 4.39 Å². The zero-order valence-electron chi connectivity index (χ0n) is 15.1. The van der Waals surface area contributed by atoms with Crippen LogP contribution in [0.2, 0.25) is 0 Å². The van der Waals surface area contributed by atoms with Crippen LogP contribution in [0.5, 0.6) is 0 Å². The second kappa shape index (κ2) is 7.38. The van der Waals surface area contributed by atoms with Crippen molar-refractivity contribution in [3.63, 3.8) is 0 Å². The van der Waals surface area contributed by atoms with Gasteiger partial charge in [0, 0.05) is 12.1 Å². The van der Waals surface area contributed by atoms with Crippen molar-refractivity contribution in [2.75, 3.05) is 0 Å². The Labute approximate surface area is 160 Å². The quantitative estimate of drug-likeness (QED) is 0.686. The normalized spacial score (nSPS) is 18.0. The first kappa shape index (κ1) is 18.1. The van der Waals surface area contributed by atoms with Crippen molar-refractivity contribution in [2.24, 2.45) is 5.92 Å². The third-order valence-corrected chi connectivity index (χ3v) is 5.23. The van der Waals surface area contributed by atoms with E-state index in [1.54, 1.807) is 18.2 Å². The minimum absolute atomic E-state index is 0.158. The number of carbonyl (C=O) groups is 1. The first-order valence-electron chi connectivity index (χ1n) is 9.23. The molecule has 0 N–H and O–H groups in total. The number of nitrogens with zero attached hydrogens (tertiary/aromatic N) is 2. The van der Waals surface area contributed by atoms with E-state index in [4.69, 9.17) is 0 Å². The molecule has 3 aromatic rings. The monoisotopic (exact) mass is 378 g/mol. The molecule has 142 valence electrons. The highest BCUT2D eigenvalue weighted by Crippen LogP contribution is 2.49. The summed E-state index contributed by atoms with van der Waals surface area (Å²) in [7, 11) is 0. The van der Waals surface area contributed by atoms with Gasteiger partial charge in [-0.1, -0.05) is 48.5 Å². The molecule has 1 saturated carbocycles. The molecule has 0 aliphatic heterocycles. The molecule has 4 rings (SSSR count). The highest BCUT2D eigenvalue weighted by molar-refractivity contribution is 5.95. The third-order valence-electron chi connectivity index (χ3n) is 5.23. The fourth-order valence-electron chi connectivity index (χ4n) is 3.60. The SMILES string of the molecule is O=C(c1ccccc1)n1c(=O)c(F)cn(CC[C@@H]2C[C@@H]2c2ccccc2)c1=O. The molecular formula is C22H19FN2O3. The molecular weight excluding hydrogens is 359 g/mol. The van der Waals surface area contributed by atoms with Gasteiger partial charge in [-0.05, 0) is 42.4 Å². The van der Waals surface area contributed by atoms with Crippen molar-refractivity contribution in [3.8, 4) is 0 Å².